The van der Waals surface area contributed by atoms with E-state index in [0.29, 0.717) is 10.0 Å². The van der Waals surface area contributed by atoms with E-state index in [-0.39, 0.29) is 11.7 Å². The second-order valence-corrected chi connectivity index (χ2v) is 5.87. The molecule has 0 atom stereocenters. The van der Waals surface area contributed by atoms with Crippen molar-refractivity contribution in [3.05, 3.63) is 70.6 Å². The number of hydrogen-bond donors (Lipinski definition) is 1. The standard InChI is InChI=1S/C17H13Cl2N3O/c1-22(14-8-6-13(19)7-9-14)17(23)16-20-10-15(21-16)11-2-4-12(18)5-3-11/h2-10H,1H3,(H,20,21). The topological polar surface area (TPSA) is 49.0 Å². The molecule has 0 aliphatic carbocycles. The third-order valence-corrected chi connectivity index (χ3v) is 3.96. The van der Waals surface area contributed by atoms with Gasteiger partial charge in [-0.05, 0) is 42.0 Å². The molecule has 1 heterocycles. The fourth-order valence-corrected chi connectivity index (χ4v) is 2.40. The van der Waals surface area contributed by atoms with E-state index in [1.54, 1.807) is 49.6 Å². The molecular weight excluding hydrogens is 333 g/mol. The van der Waals surface area contributed by atoms with Crippen molar-refractivity contribution in [2.24, 2.45) is 0 Å². The predicted octanol–water partition coefficient (Wildman–Crippen LogP) is 4.66. The van der Waals surface area contributed by atoms with Crippen LogP contribution in [0.25, 0.3) is 11.3 Å². The summed E-state index contributed by atoms with van der Waals surface area (Å²) >= 11 is 11.7. The van der Waals surface area contributed by atoms with Gasteiger partial charge in [0.15, 0.2) is 5.82 Å². The molecular formula is C17H13Cl2N3O. The number of amides is 1. The molecule has 3 rings (SSSR count). The number of anilines is 1. The number of carbonyl (C=O) groups excluding carboxylic acids is 1. The van der Waals surface area contributed by atoms with Crippen LogP contribution in [0.15, 0.2) is 54.7 Å². The number of nitrogens with zero attached hydrogens (tertiary/aromatic N) is 2. The van der Waals surface area contributed by atoms with Gasteiger partial charge in [-0.2, -0.15) is 0 Å². The van der Waals surface area contributed by atoms with E-state index in [2.05, 4.69) is 9.97 Å². The highest BCUT2D eigenvalue weighted by atomic mass is 35.5. The molecule has 116 valence electrons. The van der Waals surface area contributed by atoms with Gasteiger partial charge in [0.25, 0.3) is 5.91 Å². The first-order chi connectivity index (χ1) is 11.0. The third kappa shape index (κ3) is 3.38. The Morgan fingerprint density at radius 1 is 1.00 bits per heavy atom. The Kier molecular flexibility index (Phi) is 4.37. The van der Waals surface area contributed by atoms with Crippen LogP contribution in [0.3, 0.4) is 0 Å². The smallest absolute Gasteiger partial charge is 0.293 e. The molecule has 23 heavy (non-hydrogen) atoms. The normalized spacial score (nSPS) is 10.6. The largest absolute Gasteiger partial charge is 0.334 e. The second kappa shape index (κ2) is 6.44. The zero-order valence-electron chi connectivity index (χ0n) is 12.3. The van der Waals surface area contributed by atoms with Crippen molar-refractivity contribution in [2.45, 2.75) is 0 Å². The number of halogens is 2. The van der Waals surface area contributed by atoms with Gasteiger partial charge in [0.05, 0.1) is 11.9 Å². The molecule has 3 aromatic rings. The molecule has 1 N–H and O–H groups in total. The number of aromatic amines is 1. The summed E-state index contributed by atoms with van der Waals surface area (Å²) in [7, 11) is 1.69. The highest BCUT2D eigenvalue weighted by Crippen LogP contribution is 2.21. The van der Waals surface area contributed by atoms with Gasteiger partial charge in [-0.1, -0.05) is 35.3 Å². The van der Waals surface area contributed by atoms with E-state index in [0.717, 1.165) is 16.9 Å². The van der Waals surface area contributed by atoms with Crippen molar-refractivity contribution in [2.75, 3.05) is 11.9 Å². The Hall–Kier alpha value is -2.30. The van der Waals surface area contributed by atoms with Gasteiger partial charge in [0.1, 0.15) is 0 Å². The van der Waals surface area contributed by atoms with Gasteiger partial charge < -0.3 is 9.88 Å². The summed E-state index contributed by atoms with van der Waals surface area (Å²) in [5.41, 5.74) is 2.41. The van der Waals surface area contributed by atoms with Crippen LogP contribution in [0.5, 0.6) is 0 Å². The lowest BCUT2D eigenvalue weighted by Crippen LogP contribution is -2.27. The summed E-state index contributed by atoms with van der Waals surface area (Å²) < 4.78 is 0. The average molecular weight is 346 g/mol. The zero-order chi connectivity index (χ0) is 16.4. The maximum atomic E-state index is 12.5. The molecule has 0 fully saturated rings. The summed E-state index contributed by atoms with van der Waals surface area (Å²) in [5.74, 6) is 0.0416. The van der Waals surface area contributed by atoms with E-state index in [4.69, 9.17) is 23.2 Å². The summed E-state index contributed by atoms with van der Waals surface area (Å²) in [6, 6.07) is 14.4. The van der Waals surface area contributed by atoms with E-state index in [1.807, 2.05) is 12.1 Å². The van der Waals surface area contributed by atoms with Gasteiger partial charge in [0.2, 0.25) is 0 Å². The van der Waals surface area contributed by atoms with Gasteiger partial charge in [0, 0.05) is 22.8 Å². The number of aromatic nitrogens is 2. The van der Waals surface area contributed by atoms with E-state index < -0.39 is 0 Å². The molecule has 0 spiro atoms. The number of rotatable bonds is 3. The average Bonchev–Trinajstić information content (AvgIpc) is 3.05. The minimum absolute atomic E-state index is 0.229. The Morgan fingerprint density at radius 3 is 2.17 bits per heavy atom. The van der Waals surface area contributed by atoms with Crippen LogP contribution < -0.4 is 4.90 Å². The fraction of sp³-hybridized carbons (Fsp3) is 0.0588. The highest BCUT2D eigenvalue weighted by molar-refractivity contribution is 6.31. The first kappa shape index (κ1) is 15.6. The molecule has 0 radical (unpaired) electrons. The number of imidazole rings is 1. The minimum atomic E-state index is -0.229. The van der Waals surface area contributed by atoms with Crippen LogP contribution in [-0.4, -0.2) is 22.9 Å². The van der Waals surface area contributed by atoms with Crippen molar-refractivity contribution in [3.8, 4) is 11.3 Å². The van der Waals surface area contributed by atoms with Crippen molar-refractivity contribution in [1.82, 2.24) is 9.97 Å². The van der Waals surface area contributed by atoms with Gasteiger partial charge >= 0.3 is 0 Å². The molecule has 2 aromatic carbocycles. The van der Waals surface area contributed by atoms with E-state index in [9.17, 15) is 4.79 Å². The first-order valence-corrected chi connectivity index (χ1v) is 7.65. The number of nitrogens with one attached hydrogen (secondary N) is 1. The van der Waals surface area contributed by atoms with Gasteiger partial charge in [-0.3, -0.25) is 4.79 Å². The molecule has 0 bridgehead atoms. The van der Waals surface area contributed by atoms with Crippen LogP contribution in [0.2, 0.25) is 10.0 Å². The van der Waals surface area contributed by atoms with Gasteiger partial charge in [-0.25, -0.2) is 4.98 Å². The van der Waals surface area contributed by atoms with Crippen molar-refractivity contribution >= 4 is 34.8 Å². The molecule has 0 saturated carbocycles. The summed E-state index contributed by atoms with van der Waals surface area (Å²) in [6.07, 6.45) is 1.63. The molecule has 6 heteroatoms. The van der Waals surface area contributed by atoms with Crippen molar-refractivity contribution in [1.29, 1.82) is 0 Å². The minimum Gasteiger partial charge on any atom is -0.334 e. The molecule has 0 saturated heterocycles. The van der Waals surface area contributed by atoms with Crippen molar-refractivity contribution < 1.29 is 4.79 Å². The maximum Gasteiger partial charge on any atom is 0.293 e. The molecule has 4 nitrogen and oxygen atoms in total. The molecule has 0 unspecified atom stereocenters. The first-order valence-electron chi connectivity index (χ1n) is 6.89. The van der Waals surface area contributed by atoms with Crippen LogP contribution in [0, 0.1) is 0 Å². The van der Waals surface area contributed by atoms with Crippen LogP contribution >= 0.6 is 23.2 Å². The maximum absolute atomic E-state index is 12.5. The SMILES string of the molecule is CN(C(=O)c1ncc(-c2ccc(Cl)cc2)[nH]1)c1ccc(Cl)cc1. The number of hydrogen-bond acceptors (Lipinski definition) is 2. The summed E-state index contributed by atoms with van der Waals surface area (Å²) in [4.78, 5) is 21.2. The Morgan fingerprint density at radius 2 is 1.57 bits per heavy atom. The number of benzene rings is 2. The van der Waals surface area contributed by atoms with E-state index in [1.165, 1.54) is 4.90 Å². The quantitative estimate of drug-likeness (QED) is 0.750. The molecule has 0 aliphatic heterocycles. The number of carbonyl (C=O) groups is 1. The van der Waals surface area contributed by atoms with E-state index >= 15 is 0 Å². The fourth-order valence-electron chi connectivity index (χ4n) is 2.15. The molecule has 1 amide bonds. The van der Waals surface area contributed by atoms with Crippen LogP contribution in [-0.2, 0) is 0 Å². The second-order valence-electron chi connectivity index (χ2n) is 4.99. The Balaban J connectivity index is 1.83. The molecule has 0 aliphatic rings. The zero-order valence-corrected chi connectivity index (χ0v) is 13.8. The lowest BCUT2D eigenvalue weighted by molar-refractivity contribution is 0.0984. The monoisotopic (exact) mass is 345 g/mol. The molecule has 1 aromatic heterocycles. The Labute approximate surface area is 143 Å². The van der Waals surface area contributed by atoms with Crippen molar-refractivity contribution in [3.63, 3.8) is 0 Å². The third-order valence-electron chi connectivity index (χ3n) is 3.45. The lowest BCUT2D eigenvalue weighted by Gasteiger charge is -2.15. The highest BCUT2D eigenvalue weighted by Gasteiger charge is 2.17. The van der Waals surface area contributed by atoms with Crippen LogP contribution in [0.4, 0.5) is 5.69 Å². The Bertz CT molecular complexity index is 826. The summed E-state index contributed by atoms with van der Waals surface area (Å²) in [6.45, 7) is 0. The number of H-pyrrole nitrogens is 1. The van der Waals surface area contributed by atoms with Crippen LogP contribution in [0.1, 0.15) is 10.6 Å². The summed E-state index contributed by atoms with van der Waals surface area (Å²) in [5, 5.41) is 1.28. The van der Waals surface area contributed by atoms with Gasteiger partial charge in [-0.15, -0.1) is 0 Å². The lowest BCUT2D eigenvalue weighted by atomic mass is 10.2. The predicted molar refractivity (Wildman–Crippen MR) is 93.2 cm³/mol.